The fraction of sp³-hybridized carbons (Fsp3) is 0.571. The number of hydrogen-bond acceptors (Lipinski definition) is 3. The van der Waals surface area contributed by atoms with Crippen LogP contribution in [-0.2, 0) is 10.1 Å². The number of nitrogens with zero attached hydrogens (tertiary/aromatic N) is 1. The molecule has 15 heteroatoms. The highest BCUT2D eigenvalue weighted by Crippen LogP contribution is 2.54. The molecule has 130 valence electrons. The summed E-state index contributed by atoms with van der Waals surface area (Å²) in [6.07, 6.45) is -3.68. The molecule has 0 atom stereocenters. The largest absolute Gasteiger partial charge is 0.460 e. The van der Waals surface area contributed by atoms with Crippen molar-refractivity contribution in [2.24, 2.45) is 0 Å². The van der Waals surface area contributed by atoms with E-state index in [1.807, 2.05) is 6.07 Å². The van der Waals surface area contributed by atoms with Gasteiger partial charge in [0.25, 0.3) is 0 Å². The lowest BCUT2D eigenvalue weighted by atomic mass is 10.1. The van der Waals surface area contributed by atoms with E-state index in [0.29, 0.717) is 0 Å². The highest BCUT2D eigenvalue weighted by atomic mass is 32.2. The molecular weight excluding hydrogens is 363 g/mol. The van der Waals surface area contributed by atoms with E-state index in [1.165, 1.54) is 0 Å². The van der Waals surface area contributed by atoms with Crippen molar-refractivity contribution in [2.45, 2.75) is 23.3 Å². The first kappa shape index (κ1) is 20.5. The third-order valence-electron chi connectivity index (χ3n) is 1.85. The Bertz CT molecular complexity index is 549. The average Bonchev–Trinajstić information content (AvgIpc) is 2.83. The Hall–Kier alpha value is -1.51. The highest BCUT2D eigenvalue weighted by molar-refractivity contribution is 7.87. The predicted molar refractivity (Wildman–Crippen MR) is 51.0 cm³/mol. The number of aromatic nitrogens is 2. The molecule has 0 aliphatic carbocycles. The molecule has 0 radical (unpaired) electrons. The van der Waals surface area contributed by atoms with Gasteiger partial charge < -0.3 is 0 Å². The Balaban J connectivity index is 0.000000734. The van der Waals surface area contributed by atoms with Crippen LogP contribution in [0.3, 0.4) is 0 Å². The minimum atomic E-state index is -7.37. The first-order chi connectivity index (χ1) is 9.50. The fourth-order valence-electron chi connectivity index (χ4n) is 0.738. The van der Waals surface area contributed by atoms with Gasteiger partial charge in [0.1, 0.15) is 0 Å². The van der Waals surface area contributed by atoms with Gasteiger partial charge in [-0.15, -0.1) is 0 Å². The van der Waals surface area contributed by atoms with Crippen LogP contribution < -0.4 is 0 Å². The number of rotatable bonds is 3. The van der Waals surface area contributed by atoms with Crippen molar-refractivity contribution in [3.05, 3.63) is 18.5 Å². The van der Waals surface area contributed by atoms with E-state index in [0.717, 1.165) is 0 Å². The molecule has 1 rings (SSSR count). The molecule has 1 aromatic heterocycles. The van der Waals surface area contributed by atoms with Crippen LogP contribution in [0.15, 0.2) is 18.5 Å². The maximum Gasteiger partial charge on any atom is 0.460 e. The van der Waals surface area contributed by atoms with Crippen molar-refractivity contribution in [1.29, 1.82) is 0 Å². The molecule has 0 unspecified atom stereocenters. The number of halogens is 9. The molecule has 0 fully saturated rings. The van der Waals surface area contributed by atoms with Crippen molar-refractivity contribution in [2.75, 3.05) is 0 Å². The molecule has 0 saturated heterocycles. The maximum absolute atomic E-state index is 12.2. The lowest BCUT2D eigenvalue weighted by Gasteiger charge is -2.31. The van der Waals surface area contributed by atoms with E-state index < -0.39 is 33.4 Å². The normalized spacial score (nSPS) is 14.3. The van der Waals surface area contributed by atoms with Crippen LogP contribution >= 0.6 is 0 Å². The second-order valence-electron chi connectivity index (χ2n) is 3.40. The number of H-pyrrole nitrogens is 1. The standard InChI is InChI=1S/C4HF9O3S.C3H4N2/c5-1(6,3(9,10)11)2(7,8)4(12,13)17(14,15)16;1-2-4-5-3-1/h(H,14,15,16);1-3H,(H,4,5). The molecule has 0 amide bonds. The van der Waals surface area contributed by atoms with E-state index in [-0.39, 0.29) is 0 Å². The summed E-state index contributed by atoms with van der Waals surface area (Å²) in [5.74, 6) is -14.7. The van der Waals surface area contributed by atoms with Crippen LogP contribution in [0.2, 0.25) is 0 Å². The molecule has 0 spiro atoms. The molecular formula is C7H5F9N2O3S. The van der Waals surface area contributed by atoms with Crippen LogP contribution in [0.1, 0.15) is 0 Å². The Labute approximate surface area is 115 Å². The molecule has 0 bridgehead atoms. The highest BCUT2D eigenvalue weighted by Gasteiger charge is 2.85. The summed E-state index contributed by atoms with van der Waals surface area (Å²) in [6, 6.07) is 1.83. The van der Waals surface area contributed by atoms with Crippen LogP contribution in [0.4, 0.5) is 39.5 Å². The summed E-state index contributed by atoms with van der Waals surface area (Å²) in [6.45, 7) is 0. The molecule has 1 aromatic rings. The summed E-state index contributed by atoms with van der Waals surface area (Å²) in [5, 5.41) is -0.793. The van der Waals surface area contributed by atoms with E-state index in [4.69, 9.17) is 4.55 Å². The van der Waals surface area contributed by atoms with E-state index in [1.54, 1.807) is 12.4 Å². The maximum atomic E-state index is 12.2. The summed E-state index contributed by atoms with van der Waals surface area (Å²) < 4.78 is 134. The van der Waals surface area contributed by atoms with Crippen molar-refractivity contribution in [1.82, 2.24) is 10.2 Å². The molecule has 0 aromatic carbocycles. The lowest BCUT2D eigenvalue weighted by molar-refractivity contribution is -0.382. The van der Waals surface area contributed by atoms with Crippen molar-refractivity contribution < 1.29 is 52.5 Å². The summed E-state index contributed by atoms with van der Waals surface area (Å²) >= 11 is 0. The number of nitrogens with one attached hydrogen (secondary N) is 1. The van der Waals surface area contributed by atoms with Gasteiger partial charge in [-0.1, -0.05) is 0 Å². The molecule has 5 nitrogen and oxygen atoms in total. The third kappa shape index (κ3) is 3.63. The van der Waals surface area contributed by atoms with Gasteiger partial charge in [0.2, 0.25) is 0 Å². The van der Waals surface area contributed by atoms with Crippen molar-refractivity contribution in [3.8, 4) is 0 Å². The monoisotopic (exact) mass is 368 g/mol. The number of aromatic amines is 1. The minimum absolute atomic E-state index is 1.69. The minimum Gasteiger partial charge on any atom is -0.286 e. The zero-order valence-electron chi connectivity index (χ0n) is 9.75. The van der Waals surface area contributed by atoms with Gasteiger partial charge in [-0.3, -0.25) is 9.65 Å². The number of alkyl halides is 9. The number of hydrogen-bond donors (Lipinski definition) is 2. The van der Waals surface area contributed by atoms with Gasteiger partial charge in [-0.05, 0) is 6.07 Å². The zero-order valence-corrected chi connectivity index (χ0v) is 10.6. The Morgan fingerprint density at radius 3 is 1.55 bits per heavy atom. The van der Waals surface area contributed by atoms with E-state index in [9.17, 15) is 47.9 Å². The first-order valence-corrected chi connectivity index (χ1v) is 6.05. The lowest BCUT2D eigenvalue weighted by Crippen LogP contribution is -2.63. The van der Waals surface area contributed by atoms with E-state index >= 15 is 0 Å². The molecule has 0 aliphatic rings. The zero-order chi connectivity index (χ0) is 18.0. The van der Waals surface area contributed by atoms with Crippen LogP contribution in [-0.4, -0.2) is 46.4 Å². The molecule has 22 heavy (non-hydrogen) atoms. The van der Waals surface area contributed by atoms with Crippen molar-refractivity contribution in [3.63, 3.8) is 0 Å². The van der Waals surface area contributed by atoms with Gasteiger partial charge >= 0.3 is 33.4 Å². The van der Waals surface area contributed by atoms with Crippen LogP contribution in [0.25, 0.3) is 0 Å². The first-order valence-electron chi connectivity index (χ1n) is 4.61. The quantitative estimate of drug-likeness (QED) is 0.635. The Morgan fingerprint density at radius 2 is 1.36 bits per heavy atom. The van der Waals surface area contributed by atoms with Gasteiger partial charge in [0.05, 0.1) is 0 Å². The van der Waals surface area contributed by atoms with Crippen LogP contribution in [0, 0.1) is 0 Å². The SMILES string of the molecule is O=S(=O)(O)C(F)(F)C(F)(F)C(F)(F)C(F)(F)F.c1cn[nH]c1. The molecule has 0 saturated carbocycles. The summed E-state index contributed by atoms with van der Waals surface area (Å²) in [4.78, 5) is 0. The van der Waals surface area contributed by atoms with Gasteiger partial charge in [0.15, 0.2) is 0 Å². The second kappa shape index (κ2) is 5.94. The second-order valence-corrected chi connectivity index (χ2v) is 4.87. The summed E-state index contributed by atoms with van der Waals surface area (Å²) in [5.41, 5.74) is 0. The molecule has 0 aliphatic heterocycles. The van der Waals surface area contributed by atoms with E-state index in [2.05, 4.69) is 10.2 Å². The van der Waals surface area contributed by atoms with Gasteiger partial charge in [-0.2, -0.15) is 53.0 Å². The third-order valence-corrected chi connectivity index (χ3v) is 2.75. The average molecular weight is 368 g/mol. The summed E-state index contributed by atoms with van der Waals surface area (Å²) in [7, 11) is -7.17. The van der Waals surface area contributed by atoms with Crippen LogP contribution in [0.5, 0.6) is 0 Å². The van der Waals surface area contributed by atoms with Gasteiger partial charge in [-0.25, -0.2) is 0 Å². The van der Waals surface area contributed by atoms with Gasteiger partial charge in [0, 0.05) is 12.4 Å². The Morgan fingerprint density at radius 1 is 0.909 bits per heavy atom. The smallest absolute Gasteiger partial charge is 0.286 e. The fourth-order valence-corrected chi connectivity index (χ4v) is 1.19. The topological polar surface area (TPSA) is 83.1 Å². The Kier molecular flexibility index (Phi) is 5.53. The van der Waals surface area contributed by atoms with Crippen molar-refractivity contribution >= 4 is 10.1 Å². The molecule has 1 heterocycles. The molecule has 2 N–H and O–H groups in total. The predicted octanol–water partition coefficient (Wildman–Crippen LogP) is 2.71.